The fraction of sp³-hybridized carbons (Fsp3) is 0.300. The third-order valence-electron chi connectivity index (χ3n) is 5.29. The fourth-order valence-electron chi connectivity index (χ4n) is 3.89. The van der Waals surface area contributed by atoms with E-state index in [1.54, 1.807) is 19.2 Å². The average molecular weight is 340 g/mol. The molecule has 0 heterocycles. The first kappa shape index (κ1) is 17.0. The molecular formula is C20H20O5. The second-order valence-electron chi connectivity index (χ2n) is 6.77. The highest BCUT2D eigenvalue weighted by Crippen LogP contribution is 2.50. The summed E-state index contributed by atoms with van der Waals surface area (Å²) in [7, 11) is 1.57. The third kappa shape index (κ3) is 2.56. The van der Waals surface area contributed by atoms with Crippen LogP contribution in [0.2, 0.25) is 0 Å². The summed E-state index contributed by atoms with van der Waals surface area (Å²) in [6, 6.07) is 14.8. The quantitative estimate of drug-likeness (QED) is 0.836. The number of carboxylic acids is 2. The molecule has 1 unspecified atom stereocenters. The van der Waals surface area contributed by atoms with Crippen LogP contribution in [0.5, 0.6) is 5.75 Å². The maximum atomic E-state index is 12.0. The summed E-state index contributed by atoms with van der Waals surface area (Å²) in [5.41, 5.74) is -0.0812. The Kier molecular flexibility index (Phi) is 4.03. The molecule has 0 amide bonds. The molecule has 0 saturated heterocycles. The first-order chi connectivity index (χ1) is 11.8. The van der Waals surface area contributed by atoms with Crippen LogP contribution in [0, 0.1) is 5.41 Å². The van der Waals surface area contributed by atoms with Crippen LogP contribution in [-0.4, -0.2) is 29.3 Å². The van der Waals surface area contributed by atoms with Gasteiger partial charge in [-0.15, -0.1) is 0 Å². The van der Waals surface area contributed by atoms with Gasteiger partial charge in [-0.25, -0.2) is 0 Å². The molecule has 130 valence electrons. The predicted molar refractivity (Wildman–Crippen MR) is 91.9 cm³/mol. The summed E-state index contributed by atoms with van der Waals surface area (Å²) in [6.07, 6.45) is -0.0612. The van der Waals surface area contributed by atoms with Gasteiger partial charge >= 0.3 is 11.9 Å². The Morgan fingerprint density at radius 1 is 1.04 bits per heavy atom. The van der Waals surface area contributed by atoms with Crippen LogP contribution in [0.15, 0.2) is 48.5 Å². The molecule has 2 aromatic carbocycles. The number of benzene rings is 2. The van der Waals surface area contributed by atoms with E-state index in [1.165, 1.54) is 0 Å². The Labute approximate surface area is 145 Å². The van der Waals surface area contributed by atoms with Gasteiger partial charge in [0, 0.05) is 5.41 Å². The van der Waals surface area contributed by atoms with Crippen LogP contribution in [0.4, 0.5) is 0 Å². The van der Waals surface area contributed by atoms with Crippen molar-refractivity contribution in [2.75, 3.05) is 7.11 Å². The molecule has 0 aliphatic heterocycles. The Bertz CT molecular complexity index is 813. The average Bonchev–Trinajstić information content (AvgIpc) is 2.61. The van der Waals surface area contributed by atoms with E-state index in [1.807, 2.05) is 43.3 Å². The number of carboxylic acid groups (broad SMARTS) is 2. The zero-order valence-corrected chi connectivity index (χ0v) is 14.2. The van der Waals surface area contributed by atoms with E-state index in [0.29, 0.717) is 5.75 Å². The van der Waals surface area contributed by atoms with Gasteiger partial charge in [-0.3, -0.25) is 9.59 Å². The van der Waals surface area contributed by atoms with Crippen molar-refractivity contribution in [3.63, 3.8) is 0 Å². The zero-order chi connectivity index (χ0) is 18.2. The maximum absolute atomic E-state index is 12.0. The minimum absolute atomic E-state index is 0.0190. The monoisotopic (exact) mass is 340 g/mol. The van der Waals surface area contributed by atoms with Crippen molar-refractivity contribution >= 4 is 11.9 Å². The number of fused-ring (bicyclic) bond motifs is 1. The molecule has 0 radical (unpaired) electrons. The largest absolute Gasteiger partial charge is 0.497 e. The molecular weight excluding hydrogens is 320 g/mol. The van der Waals surface area contributed by atoms with Crippen molar-refractivity contribution in [1.82, 2.24) is 0 Å². The lowest BCUT2D eigenvalue weighted by Gasteiger charge is -2.43. The standard InChI is InChI=1S/C20H20O5/c1-19(14-6-4-3-5-7-14)12-20(17(21)22,18(23)24)11-13-8-9-15(25-2)10-16(13)19/h3-10H,11-12H2,1-2H3,(H,21,22)(H,23,24). The van der Waals surface area contributed by atoms with Crippen LogP contribution in [0.3, 0.4) is 0 Å². The third-order valence-corrected chi connectivity index (χ3v) is 5.29. The summed E-state index contributed by atoms with van der Waals surface area (Å²) in [5.74, 6) is -1.94. The Balaban J connectivity index is 2.29. The fourth-order valence-corrected chi connectivity index (χ4v) is 3.89. The van der Waals surface area contributed by atoms with Gasteiger partial charge in [0.05, 0.1) is 7.11 Å². The minimum Gasteiger partial charge on any atom is -0.497 e. The number of hydrogen-bond donors (Lipinski definition) is 2. The van der Waals surface area contributed by atoms with Crippen LogP contribution >= 0.6 is 0 Å². The van der Waals surface area contributed by atoms with Crippen LogP contribution < -0.4 is 4.74 Å². The highest BCUT2D eigenvalue weighted by molar-refractivity contribution is 5.99. The summed E-state index contributed by atoms with van der Waals surface area (Å²) in [4.78, 5) is 23.9. The van der Waals surface area contributed by atoms with Gasteiger partial charge in [-0.2, -0.15) is 0 Å². The van der Waals surface area contributed by atoms with Gasteiger partial charge in [0.1, 0.15) is 5.75 Å². The number of aliphatic carboxylic acids is 2. The highest BCUT2D eigenvalue weighted by Gasteiger charge is 2.55. The molecule has 1 atom stereocenters. The smallest absolute Gasteiger partial charge is 0.321 e. The number of rotatable bonds is 4. The second kappa shape index (κ2) is 5.92. The number of hydrogen-bond acceptors (Lipinski definition) is 3. The molecule has 2 aromatic rings. The van der Waals surface area contributed by atoms with Crippen LogP contribution in [-0.2, 0) is 21.4 Å². The van der Waals surface area contributed by atoms with Crippen molar-refractivity contribution in [3.8, 4) is 5.75 Å². The lowest BCUT2D eigenvalue weighted by atomic mass is 9.58. The molecule has 5 nitrogen and oxygen atoms in total. The van der Waals surface area contributed by atoms with Crippen molar-refractivity contribution in [3.05, 3.63) is 65.2 Å². The van der Waals surface area contributed by atoms with Crippen molar-refractivity contribution < 1.29 is 24.5 Å². The molecule has 0 fully saturated rings. The molecule has 0 spiro atoms. The van der Waals surface area contributed by atoms with E-state index in [2.05, 4.69) is 0 Å². The highest BCUT2D eigenvalue weighted by atomic mass is 16.5. The maximum Gasteiger partial charge on any atom is 0.321 e. The van der Waals surface area contributed by atoms with Gasteiger partial charge in [0.15, 0.2) is 5.41 Å². The Morgan fingerprint density at radius 3 is 2.24 bits per heavy atom. The molecule has 3 rings (SSSR count). The first-order valence-corrected chi connectivity index (χ1v) is 8.03. The summed E-state index contributed by atoms with van der Waals surface area (Å²) in [6.45, 7) is 1.90. The SMILES string of the molecule is COc1ccc2c(c1)C(C)(c1ccccc1)CC(C(=O)O)(C(=O)O)C2. The van der Waals surface area contributed by atoms with Crippen LogP contribution in [0.1, 0.15) is 30.0 Å². The molecule has 5 heteroatoms. The molecule has 1 aliphatic rings. The normalized spacial score (nSPS) is 21.2. The lowest BCUT2D eigenvalue weighted by Crippen LogP contribution is -2.50. The molecule has 0 bridgehead atoms. The molecule has 0 saturated carbocycles. The van der Waals surface area contributed by atoms with Crippen molar-refractivity contribution in [1.29, 1.82) is 0 Å². The van der Waals surface area contributed by atoms with Crippen molar-refractivity contribution in [2.24, 2.45) is 5.41 Å². The summed E-state index contributed by atoms with van der Waals surface area (Å²) < 4.78 is 5.32. The van der Waals surface area contributed by atoms with E-state index in [9.17, 15) is 19.8 Å². The number of methoxy groups -OCH3 is 1. The first-order valence-electron chi connectivity index (χ1n) is 8.03. The predicted octanol–water partition coefficient (Wildman–Crippen LogP) is 3.10. The van der Waals surface area contributed by atoms with E-state index >= 15 is 0 Å². The van der Waals surface area contributed by atoms with Gasteiger partial charge in [0.25, 0.3) is 0 Å². The van der Waals surface area contributed by atoms with Gasteiger partial charge < -0.3 is 14.9 Å². The minimum atomic E-state index is -1.85. The van der Waals surface area contributed by atoms with E-state index < -0.39 is 22.8 Å². The number of ether oxygens (including phenoxy) is 1. The van der Waals surface area contributed by atoms with Crippen molar-refractivity contribution in [2.45, 2.75) is 25.2 Å². The van der Waals surface area contributed by atoms with Gasteiger partial charge in [-0.05, 0) is 41.7 Å². The van der Waals surface area contributed by atoms with Gasteiger partial charge in [-0.1, -0.05) is 43.3 Å². The lowest BCUT2D eigenvalue weighted by molar-refractivity contribution is -0.166. The molecule has 25 heavy (non-hydrogen) atoms. The second-order valence-corrected chi connectivity index (χ2v) is 6.77. The molecule has 0 aromatic heterocycles. The Hall–Kier alpha value is -2.82. The van der Waals surface area contributed by atoms with Gasteiger partial charge in [0.2, 0.25) is 0 Å². The van der Waals surface area contributed by atoms with Crippen LogP contribution in [0.25, 0.3) is 0 Å². The van der Waals surface area contributed by atoms with E-state index in [-0.39, 0.29) is 12.8 Å². The summed E-state index contributed by atoms with van der Waals surface area (Å²) >= 11 is 0. The number of carbonyl (C=O) groups is 2. The topological polar surface area (TPSA) is 83.8 Å². The van der Waals surface area contributed by atoms with E-state index in [0.717, 1.165) is 16.7 Å². The molecule has 1 aliphatic carbocycles. The zero-order valence-electron chi connectivity index (χ0n) is 14.2. The molecule has 2 N–H and O–H groups in total. The summed E-state index contributed by atoms with van der Waals surface area (Å²) in [5, 5.41) is 19.5. The Morgan fingerprint density at radius 2 is 1.68 bits per heavy atom. The van der Waals surface area contributed by atoms with E-state index in [4.69, 9.17) is 4.74 Å².